The van der Waals surface area contributed by atoms with Crippen molar-refractivity contribution in [2.24, 2.45) is 0 Å². The van der Waals surface area contributed by atoms with Gasteiger partial charge < -0.3 is 0 Å². The second kappa shape index (κ2) is 3.93. The normalized spacial score (nSPS) is 11.9. The van der Waals surface area contributed by atoms with Crippen molar-refractivity contribution < 1.29 is 0 Å². The fourth-order valence-corrected chi connectivity index (χ4v) is 2.79. The molecule has 0 N–H and O–H groups in total. The molecule has 2 rings (SSSR count). The lowest BCUT2D eigenvalue weighted by molar-refractivity contribution is 0.798. The highest BCUT2D eigenvalue weighted by Gasteiger charge is 2.14. The van der Waals surface area contributed by atoms with E-state index in [-0.39, 0.29) is 0 Å². The molecule has 0 radical (unpaired) electrons. The fraction of sp³-hybridized carbons (Fsp3) is 0.462. The van der Waals surface area contributed by atoms with Crippen LogP contribution in [0.4, 0.5) is 0 Å². The summed E-state index contributed by atoms with van der Waals surface area (Å²) in [4.78, 5) is 0. The molecule has 15 heavy (non-hydrogen) atoms. The maximum Gasteiger partial charge on any atom is 0.0553 e. The summed E-state index contributed by atoms with van der Waals surface area (Å²) in [7, 11) is 0. The summed E-state index contributed by atoms with van der Waals surface area (Å²) >= 11 is 1.59. The summed E-state index contributed by atoms with van der Waals surface area (Å²) in [6, 6.07) is 4.47. The van der Waals surface area contributed by atoms with E-state index >= 15 is 0 Å². The summed E-state index contributed by atoms with van der Waals surface area (Å²) in [6.07, 6.45) is 2.02. The van der Waals surface area contributed by atoms with Gasteiger partial charge in [-0.25, -0.2) is 0 Å². The molecule has 0 bridgehead atoms. The number of benzene rings is 1. The number of rotatable bonds is 2. The third-order valence-corrected chi connectivity index (χ3v) is 3.58. The van der Waals surface area contributed by atoms with E-state index in [0.717, 1.165) is 0 Å². The lowest BCUT2D eigenvalue weighted by atomic mass is 9.89. The lowest BCUT2D eigenvalue weighted by Gasteiger charge is -2.16. The molecule has 2 heteroatoms. The fourth-order valence-electron chi connectivity index (χ4n) is 2.13. The van der Waals surface area contributed by atoms with Crippen molar-refractivity contribution in [2.45, 2.75) is 39.5 Å². The zero-order valence-corrected chi connectivity index (χ0v) is 10.6. The number of hydrogen-bond donors (Lipinski definition) is 0. The SMILES string of the molecule is CC(C)c1ccc2sncc2c1C(C)C. The third kappa shape index (κ3) is 1.78. The van der Waals surface area contributed by atoms with Crippen LogP contribution < -0.4 is 0 Å². The molecule has 0 saturated heterocycles. The summed E-state index contributed by atoms with van der Waals surface area (Å²) in [5.74, 6) is 1.16. The van der Waals surface area contributed by atoms with Crippen molar-refractivity contribution >= 4 is 21.6 Å². The summed E-state index contributed by atoms with van der Waals surface area (Å²) in [5.41, 5.74) is 2.95. The van der Waals surface area contributed by atoms with Gasteiger partial charge in [-0.05, 0) is 40.6 Å². The Labute approximate surface area is 95.3 Å². The molecule has 0 amide bonds. The molecule has 0 saturated carbocycles. The van der Waals surface area contributed by atoms with Crippen LogP contribution in [0.25, 0.3) is 10.1 Å². The first-order valence-corrected chi connectivity index (χ1v) is 6.25. The molecule has 0 aliphatic heterocycles. The van der Waals surface area contributed by atoms with E-state index < -0.39 is 0 Å². The van der Waals surface area contributed by atoms with Crippen LogP contribution in [0.15, 0.2) is 18.3 Å². The second-order valence-electron chi connectivity index (χ2n) is 4.62. The smallest absolute Gasteiger partial charge is 0.0553 e. The van der Waals surface area contributed by atoms with Crippen LogP contribution in [0.2, 0.25) is 0 Å². The van der Waals surface area contributed by atoms with Crippen molar-refractivity contribution in [2.75, 3.05) is 0 Å². The first-order valence-electron chi connectivity index (χ1n) is 5.48. The van der Waals surface area contributed by atoms with Gasteiger partial charge in [0.25, 0.3) is 0 Å². The minimum absolute atomic E-state index is 0.572. The largest absolute Gasteiger partial charge is 0.200 e. The number of hydrogen-bond acceptors (Lipinski definition) is 2. The van der Waals surface area contributed by atoms with Gasteiger partial charge in [-0.3, -0.25) is 0 Å². The minimum Gasteiger partial charge on any atom is -0.200 e. The van der Waals surface area contributed by atoms with Crippen molar-refractivity contribution in [1.29, 1.82) is 0 Å². The Bertz CT molecular complexity index is 468. The van der Waals surface area contributed by atoms with E-state index in [2.05, 4.69) is 44.2 Å². The zero-order chi connectivity index (χ0) is 11.0. The average molecular weight is 219 g/mol. The zero-order valence-electron chi connectivity index (χ0n) is 9.74. The average Bonchev–Trinajstić information content (AvgIpc) is 2.62. The molecule has 0 aliphatic carbocycles. The van der Waals surface area contributed by atoms with Crippen molar-refractivity contribution in [3.63, 3.8) is 0 Å². The molecule has 1 nitrogen and oxygen atoms in total. The molecule has 1 aromatic carbocycles. The Morgan fingerprint density at radius 3 is 2.40 bits per heavy atom. The van der Waals surface area contributed by atoms with Gasteiger partial charge in [0.05, 0.1) is 4.70 Å². The number of nitrogens with zero attached hydrogens (tertiary/aromatic N) is 1. The molecule has 0 aliphatic rings. The monoisotopic (exact) mass is 219 g/mol. The molecule has 2 aromatic rings. The van der Waals surface area contributed by atoms with Crippen LogP contribution in [0, 0.1) is 0 Å². The highest BCUT2D eigenvalue weighted by Crippen LogP contribution is 2.34. The van der Waals surface area contributed by atoms with Gasteiger partial charge in [0.1, 0.15) is 0 Å². The molecule has 0 unspecified atom stereocenters. The number of aromatic nitrogens is 1. The first-order chi connectivity index (χ1) is 7.11. The van der Waals surface area contributed by atoms with Crippen LogP contribution >= 0.6 is 11.5 Å². The van der Waals surface area contributed by atoms with Gasteiger partial charge in [0.15, 0.2) is 0 Å². The standard InChI is InChI=1S/C13H17NS/c1-8(2)10-5-6-12-11(7-14-15-12)13(10)9(3)4/h5-9H,1-4H3. The molecular weight excluding hydrogens is 202 g/mol. The highest BCUT2D eigenvalue weighted by atomic mass is 32.1. The molecule has 80 valence electrons. The summed E-state index contributed by atoms with van der Waals surface area (Å²) in [5, 5.41) is 1.35. The molecule has 0 spiro atoms. The van der Waals surface area contributed by atoms with E-state index in [1.807, 2.05) is 6.20 Å². The van der Waals surface area contributed by atoms with Crippen molar-refractivity contribution in [3.8, 4) is 0 Å². The first kappa shape index (κ1) is 10.6. The van der Waals surface area contributed by atoms with Gasteiger partial charge >= 0.3 is 0 Å². The molecule has 1 heterocycles. The minimum atomic E-state index is 0.572. The molecule has 1 aromatic heterocycles. The summed E-state index contributed by atoms with van der Waals surface area (Å²) in [6.45, 7) is 9.04. The van der Waals surface area contributed by atoms with Crippen molar-refractivity contribution in [3.05, 3.63) is 29.5 Å². The van der Waals surface area contributed by atoms with Gasteiger partial charge in [-0.15, -0.1) is 0 Å². The van der Waals surface area contributed by atoms with Crippen LogP contribution in [0.1, 0.15) is 50.7 Å². The Morgan fingerprint density at radius 2 is 1.80 bits per heavy atom. The van der Waals surface area contributed by atoms with E-state index in [4.69, 9.17) is 0 Å². The van der Waals surface area contributed by atoms with Crippen LogP contribution in [0.3, 0.4) is 0 Å². The molecule has 0 atom stereocenters. The van der Waals surface area contributed by atoms with Crippen LogP contribution in [0.5, 0.6) is 0 Å². The maximum atomic E-state index is 4.29. The Hall–Kier alpha value is -0.890. The third-order valence-electron chi connectivity index (χ3n) is 2.81. The highest BCUT2D eigenvalue weighted by molar-refractivity contribution is 7.13. The Kier molecular flexibility index (Phi) is 2.79. The summed E-state index contributed by atoms with van der Waals surface area (Å²) < 4.78 is 5.59. The molecular formula is C13H17NS. The quantitative estimate of drug-likeness (QED) is 0.722. The van der Waals surface area contributed by atoms with Gasteiger partial charge in [0, 0.05) is 11.6 Å². The van der Waals surface area contributed by atoms with E-state index in [1.54, 1.807) is 11.5 Å². The van der Waals surface area contributed by atoms with E-state index in [1.165, 1.54) is 21.2 Å². The number of fused-ring (bicyclic) bond motifs is 1. The Balaban J connectivity index is 2.75. The Morgan fingerprint density at radius 1 is 1.07 bits per heavy atom. The predicted octanol–water partition coefficient (Wildman–Crippen LogP) is 4.54. The van der Waals surface area contributed by atoms with Crippen LogP contribution in [-0.4, -0.2) is 4.37 Å². The maximum absolute atomic E-state index is 4.29. The topological polar surface area (TPSA) is 12.9 Å². The van der Waals surface area contributed by atoms with Gasteiger partial charge in [-0.2, -0.15) is 4.37 Å². The van der Waals surface area contributed by atoms with E-state index in [9.17, 15) is 0 Å². The lowest BCUT2D eigenvalue weighted by Crippen LogP contribution is -1.98. The van der Waals surface area contributed by atoms with E-state index in [0.29, 0.717) is 11.8 Å². The second-order valence-corrected chi connectivity index (χ2v) is 5.45. The van der Waals surface area contributed by atoms with Gasteiger partial charge in [0.2, 0.25) is 0 Å². The molecule has 0 fully saturated rings. The van der Waals surface area contributed by atoms with Crippen LogP contribution in [-0.2, 0) is 0 Å². The van der Waals surface area contributed by atoms with Crippen molar-refractivity contribution in [1.82, 2.24) is 4.37 Å². The van der Waals surface area contributed by atoms with Gasteiger partial charge in [-0.1, -0.05) is 33.8 Å². The predicted molar refractivity (Wildman–Crippen MR) is 67.8 cm³/mol.